The molecule has 0 radical (unpaired) electrons. The van der Waals surface area contributed by atoms with E-state index < -0.39 is 162 Å². The average Bonchev–Trinajstić information content (AvgIpc) is 2.74. The number of aliphatic hydroxyl groups is 1. The van der Waals surface area contributed by atoms with Gasteiger partial charge in [0.1, 0.15) is 30.2 Å². The van der Waals surface area contributed by atoms with Crippen molar-refractivity contribution in [3.8, 4) is 0 Å². The SMILES string of the molecule is CC(C)C[C@@H]1CC(=O)[C@H](C)NC(=O)C[C@@H](C(=O)N2CCCCC2)NC(=O)[C@H](CC(C)C)N(C)C(=O)[C@H](CC(C)C)NC(=O)[C@H](C)N(C)C(=O)[C@H](C(C)C)N(C)C(=O)[C@H](Cc2ccccc2)CC(=O)CN(C)C(=O)[C@H]([C@@H](C)O)CC(=O)[C@@H]2CCCN2C1=O. The van der Waals surface area contributed by atoms with Crippen molar-refractivity contribution in [2.24, 2.45) is 41.4 Å². The molecule has 3 aliphatic rings. The molecule has 0 aliphatic carbocycles. The van der Waals surface area contributed by atoms with Gasteiger partial charge in [-0.25, -0.2) is 0 Å². The summed E-state index contributed by atoms with van der Waals surface area (Å²) in [4.78, 5) is 181. The highest BCUT2D eigenvalue weighted by atomic mass is 16.3. The number of rotatable bonds is 11. The molecule has 486 valence electrons. The van der Waals surface area contributed by atoms with E-state index in [0.29, 0.717) is 32.4 Å². The smallest absolute Gasteiger partial charge is 0.246 e. The summed E-state index contributed by atoms with van der Waals surface area (Å²) < 4.78 is 0. The Balaban J connectivity index is 1.81. The molecule has 0 aromatic heterocycles. The van der Waals surface area contributed by atoms with Crippen LogP contribution in [0.1, 0.15) is 159 Å². The Bertz CT molecular complexity index is 2590. The van der Waals surface area contributed by atoms with Crippen molar-refractivity contribution in [3.05, 3.63) is 35.9 Å². The zero-order chi connectivity index (χ0) is 65.3. The normalized spacial score (nSPS) is 27.7. The number of carbonyl (C=O) groups is 12. The summed E-state index contributed by atoms with van der Waals surface area (Å²) in [6.45, 7) is 19.5. The second kappa shape index (κ2) is 33.7. The summed E-state index contributed by atoms with van der Waals surface area (Å²) in [5.41, 5.74) is 0.724. The van der Waals surface area contributed by atoms with Crippen molar-refractivity contribution in [3.63, 3.8) is 0 Å². The number of aliphatic hydroxyl groups excluding tert-OH is 1. The Hall–Kier alpha value is -6.58. The van der Waals surface area contributed by atoms with Crippen molar-refractivity contribution in [1.29, 1.82) is 0 Å². The molecule has 1 aromatic carbocycles. The molecule has 3 heterocycles. The first-order chi connectivity index (χ1) is 40.7. The molecule has 0 unspecified atom stereocenters. The lowest BCUT2D eigenvalue weighted by Gasteiger charge is -2.37. The van der Waals surface area contributed by atoms with Gasteiger partial charge >= 0.3 is 0 Å². The topological polar surface area (TPSA) is 281 Å². The third-order valence-corrected chi connectivity index (χ3v) is 17.3. The van der Waals surface area contributed by atoms with Gasteiger partial charge in [0.25, 0.3) is 0 Å². The van der Waals surface area contributed by atoms with Gasteiger partial charge in [-0.05, 0) is 108 Å². The summed E-state index contributed by atoms with van der Waals surface area (Å²) in [7, 11) is 5.68. The summed E-state index contributed by atoms with van der Waals surface area (Å²) in [6, 6.07) is 0.711. The Labute approximate surface area is 516 Å². The van der Waals surface area contributed by atoms with E-state index in [1.165, 1.54) is 68.6 Å². The average molecular weight is 1220 g/mol. The lowest BCUT2D eigenvalue weighted by atomic mass is 9.88. The number of nitrogens with one attached hydrogen (secondary N) is 3. The van der Waals surface area contributed by atoms with Gasteiger partial charge in [0, 0.05) is 78.9 Å². The molecule has 0 bridgehead atoms. The van der Waals surface area contributed by atoms with Crippen LogP contribution in [0.3, 0.4) is 0 Å². The molecule has 87 heavy (non-hydrogen) atoms. The fraction of sp³-hybridized carbons (Fsp3) is 0.723. The summed E-state index contributed by atoms with van der Waals surface area (Å²) in [5.74, 6) is -11.2. The van der Waals surface area contributed by atoms with E-state index in [2.05, 4.69) is 16.0 Å². The first-order valence-electron chi connectivity index (χ1n) is 31.6. The maximum Gasteiger partial charge on any atom is 0.246 e. The van der Waals surface area contributed by atoms with Crippen LogP contribution in [0.4, 0.5) is 0 Å². The van der Waals surface area contributed by atoms with Crippen molar-refractivity contribution < 1.29 is 62.6 Å². The number of nitrogens with zero attached hydrogens (tertiary/aromatic N) is 6. The number of hydrogen-bond donors (Lipinski definition) is 4. The Morgan fingerprint density at radius 3 is 1.77 bits per heavy atom. The van der Waals surface area contributed by atoms with Crippen LogP contribution < -0.4 is 16.0 Å². The Morgan fingerprint density at radius 1 is 0.586 bits per heavy atom. The summed E-state index contributed by atoms with van der Waals surface area (Å²) in [5, 5.41) is 19.4. The van der Waals surface area contributed by atoms with Crippen LogP contribution >= 0.6 is 0 Å². The molecule has 11 atom stereocenters. The highest BCUT2D eigenvalue weighted by Crippen LogP contribution is 2.29. The van der Waals surface area contributed by atoms with Crippen LogP contribution in [-0.4, -0.2) is 208 Å². The molecular formula is C65H103N9O13. The number of benzene rings is 1. The molecule has 0 saturated carbocycles. The standard InChI is InChI=1S/C65H103N9O13/c1-38(2)29-46-34-54(77)42(9)66-56(79)36-51(64(86)73-26-20-17-21-27-73)68-59(81)53(31-40(5)6)71(14)63(85)50(30-39(3)4)67-58(80)43(10)70(13)65(87)57(41(7)8)72(15)60(82)47(32-45-23-18-16-19-24-45)33-48(76)37-69(12)62(84)49(44(11)75)35-55(78)52-25-22-28-74(52)61(46)83/h16,18-19,23-24,38-44,46-47,49-53,57,75H,17,20-22,25-37H2,1-15H3,(H,66,79)(H,67,80)(H,68,81)/t42-,43-,44+,46+,47+,49-,50-,51-,52-,53-,57-/m0/s1. The monoisotopic (exact) mass is 1220 g/mol. The number of carbonyl (C=O) groups excluding carboxylic acids is 12. The second-order valence-corrected chi connectivity index (χ2v) is 26.5. The molecule has 3 aliphatic heterocycles. The van der Waals surface area contributed by atoms with Gasteiger partial charge in [-0.2, -0.15) is 0 Å². The van der Waals surface area contributed by atoms with Crippen LogP contribution in [0, 0.1) is 41.4 Å². The van der Waals surface area contributed by atoms with Crippen LogP contribution in [0.15, 0.2) is 30.3 Å². The fourth-order valence-electron chi connectivity index (χ4n) is 12.3. The van der Waals surface area contributed by atoms with E-state index in [1.807, 2.05) is 41.5 Å². The summed E-state index contributed by atoms with van der Waals surface area (Å²) in [6.07, 6.45) is 0.573. The quantitative estimate of drug-likeness (QED) is 0.244. The van der Waals surface area contributed by atoms with E-state index in [-0.39, 0.29) is 69.2 Å². The number of hydrogen-bond acceptors (Lipinski definition) is 13. The molecule has 9 amide bonds. The van der Waals surface area contributed by atoms with Crippen LogP contribution in [0.25, 0.3) is 0 Å². The third-order valence-electron chi connectivity index (χ3n) is 17.3. The van der Waals surface area contributed by atoms with Gasteiger partial charge in [0.05, 0.1) is 37.1 Å². The van der Waals surface area contributed by atoms with Crippen LogP contribution in [-0.2, 0) is 64.0 Å². The Morgan fingerprint density at radius 2 is 1.20 bits per heavy atom. The highest BCUT2D eigenvalue weighted by Gasteiger charge is 2.44. The predicted octanol–water partition coefficient (Wildman–Crippen LogP) is 3.97. The second-order valence-electron chi connectivity index (χ2n) is 26.5. The molecule has 22 nitrogen and oxygen atoms in total. The minimum absolute atomic E-state index is 0.0758. The predicted molar refractivity (Wildman–Crippen MR) is 329 cm³/mol. The van der Waals surface area contributed by atoms with Gasteiger partial charge in [-0.1, -0.05) is 85.7 Å². The molecule has 3 saturated heterocycles. The van der Waals surface area contributed by atoms with E-state index in [4.69, 9.17) is 0 Å². The zero-order valence-corrected chi connectivity index (χ0v) is 54.6. The van der Waals surface area contributed by atoms with Gasteiger partial charge in [-0.15, -0.1) is 0 Å². The maximum absolute atomic E-state index is 14.9. The number of fused-ring (bicyclic) bond motifs is 1. The van der Waals surface area contributed by atoms with Crippen molar-refractivity contribution in [1.82, 2.24) is 45.3 Å². The minimum atomic E-state index is -1.41. The van der Waals surface area contributed by atoms with Gasteiger partial charge in [0.2, 0.25) is 53.2 Å². The molecule has 22 heteroatoms. The van der Waals surface area contributed by atoms with Crippen molar-refractivity contribution >= 4 is 70.5 Å². The van der Waals surface area contributed by atoms with E-state index in [1.54, 1.807) is 49.1 Å². The third kappa shape index (κ3) is 20.8. The lowest BCUT2D eigenvalue weighted by molar-refractivity contribution is -0.151. The number of amides is 9. The maximum atomic E-state index is 14.9. The van der Waals surface area contributed by atoms with Crippen LogP contribution in [0.2, 0.25) is 0 Å². The van der Waals surface area contributed by atoms with E-state index >= 15 is 0 Å². The molecule has 4 N–H and O–H groups in total. The number of Topliss-reactive ketones (excluding diaryl/α,β-unsaturated/α-hetero) is 3. The molecule has 4 rings (SSSR count). The Kier molecular flexibility index (Phi) is 28.2. The summed E-state index contributed by atoms with van der Waals surface area (Å²) >= 11 is 0. The molecule has 0 spiro atoms. The van der Waals surface area contributed by atoms with Gasteiger partial charge < -0.3 is 50.5 Å². The first-order valence-corrected chi connectivity index (χ1v) is 31.6. The first kappa shape index (κ1) is 72.9. The number of likely N-dealkylation sites (tertiary alicyclic amines) is 1. The number of ketones is 3. The largest absolute Gasteiger partial charge is 0.393 e. The van der Waals surface area contributed by atoms with E-state index in [9.17, 15) is 62.6 Å². The molecular weight excluding hydrogens is 1110 g/mol. The lowest BCUT2D eigenvalue weighted by Crippen LogP contribution is -2.60. The van der Waals surface area contributed by atoms with Gasteiger partial charge in [0.15, 0.2) is 17.3 Å². The molecule has 1 aromatic rings. The fourth-order valence-corrected chi connectivity index (χ4v) is 12.3. The number of piperidine rings is 1. The molecule has 3 fully saturated rings. The van der Waals surface area contributed by atoms with E-state index in [0.717, 1.165) is 16.9 Å². The van der Waals surface area contributed by atoms with Crippen molar-refractivity contribution in [2.75, 3.05) is 54.4 Å². The minimum Gasteiger partial charge on any atom is -0.393 e. The number of likely N-dealkylation sites (N-methyl/N-ethyl adjacent to an activating group) is 4. The highest BCUT2D eigenvalue weighted by molar-refractivity contribution is 6.00. The zero-order valence-electron chi connectivity index (χ0n) is 54.6. The van der Waals surface area contributed by atoms with Crippen molar-refractivity contribution in [2.45, 2.75) is 208 Å². The van der Waals surface area contributed by atoms with Gasteiger partial charge in [-0.3, -0.25) is 57.5 Å². The van der Waals surface area contributed by atoms with Crippen LogP contribution in [0.5, 0.6) is 0 Å².